The number of fused-ring (bicyclic) bond motifs is 1. The Morgan fingerprint density at radius 2 is 2.27 bits per heavy atom. The number of nitrogens with one attached hydrogen (secondary N) is 2. The number of carbonyl (C=O) groups excluding carboxylic acids is 1. The molecule has 3 rings (SSSR count). The summed E-state index contributed by atoms with van der Waals surface area (Å²) in [7, 11) is 0. The molecule has 1 amide bonds. The van der Waals surface area contributed by atoms with Gasteiger partial charge in [0.15, 0.2) is 0 Å². The first kappa shape index (κ1) is 14.7. The summed E-state index contributed by atoms with van der Waals surface area (Å²) >= 11 is 1.42. The number of nitrogens with two attached hydrogens (primary N) is 1. The van der Waals surface area contributed by atoms with Gasteiger partial charge < -0.3 is 16.0 Å². The highest BCUT2D eigenvalue weighted by Crippen LogP contribution is 2.18. The maximum atomic E-state index is 12.1. The SMILES string of the molecule is CC(N)c1nc(C(=O)NCCc2c[nH]c3ccccc23)cs1. The van der Waals surface area contributed by atoms with Crippen molar-refractivity contribution in [2.75, 3.05) is 6.54 Å². The van der Waals surface area contributed by atoms with E-state index in [4.69, 9.17) is 5.73 Å². The van der Waals surface area contributed by atoms with Gasteiger partial charge in [-0.2, -0.15) is 0 Å². The Balaban J connectivity index is 1.59. The molecule has 114 valence electrons. The summed E-state index contributed by atoms with van der Waals surface area (Å²) in [5.41, 5.74) is 8.51. The number of rotatable bonds is 5. The average Bonchev–Trinajstić information content (AvgIpc) is 3.14. The third kappa shape index (κ3) is 3.03. The lowest BCUT2D eigenvalue weighted by atomic mass is 10.1. The fraction of sp³-hybridized carbons (Fsp3) is 0.250. The number of nitrogens with zero attached hydrogens (tertiary/aromatic N) is 1. The lowest BCUT2D eigenvalue weighted by Crippen LogP contribution is -2.26. The number of hydrogen-bond donors (Lipinski definition) is 3. The molecule has 0 spiro atoms. The van der Waals surface area contributed by atoms with Gasteiger partial charge in [0.1, 0.15) is 10.7 Å². The van der Waals surface area contributed by atoms with Crippen LogP contribution in [-0.4, -0.2) is 22.4 Å². The molecule has 0 aliphatic carbocycles. The van der Waals surface area contributed by atoms with Crippen LogP contribution in [0.5, 0.6) is 0 Å². The summed E-state index contributed by atoms with van der Waals surface area (Å²) in [4.78, 5) is 19.5. The molecule has 0 bridgehead atoms. The van der Waals surface area contributed by atoms with E-state index in [1.54, 1.807) is 5.38 Å². The van der Waals surface area contributed by atoms with Gasteiger partial charge in [0.05, 0.1) is 6.04 Å². The van der Waals surface area contributed by atoms with E-state index in [9.17, 15) is 4.79 Å². The molecular weight excluding hydrogens is 296 g/mol. The molecule has 0 radical (unpaired) electrons. The van der Waals surface area contributed by atoms with Crippen molar-refractivity contribution >= 4 is 28.1 Å². The van der Waals surface area contributed by atoms with Gasteiger partial charge in [0.2, 0.25) is 0 Å². The van der Waals surface area contributed by atoms with Gasteiger partial charge in [-0.15, -0.1) is 11.3 Å². The zero-order valence-electron chi connectivity index (χ0n) is 12.3. The van der Waals surface area contributed by atoms with Crippen molar-refractivity contribution in [3.63, 3.8) is 0 Å². The summed E-state index contributed by atoms with van der Waals surface area (Å²) in [6.45, 7) is 2.43. The van der Waals surface area contributed by atoms with E-state index >= 15 is 0 Å². The monoisotopic (exact) mass is 314 g/mol. The Morgan fingerprint density at radius 1 is 1.45 bits per heavy atom. The number of H-pyrrole nitrogens is 1. The maximum Gasteiger partial charge on any atom is 0.270 e. The van der Waals surface area contributed by atoms with E-state index in [0.717, 1.165) is 16.9 Å². The number of amides is 1. The summed E-state index contributed by atoms with van der Waals surface area (Å²) in [5.74, 6) is -0.150. The van der Waals surface area contributed by atoms with E-state index in [1.807, 2.05) is 31.3 Å². The fourth-order valence-corrected chi connectivity index (χ4v) is 3.10. The third-order valence-corrected chi connectivity index (χ3v) is 4.54. The molecule has 0 saturated heterocycles. The Kier molecular flexibility index (Phi) is 4.22. The zero-order valence-corrected chi connectivity index (χ0v) is 13.1. The normalized spacial score (nSPS) is 12.5. The molecule has 1 unspecified atom stereocenters. The zero-order chi connectivity index (χ0) is 15.5. The number of hydrogen-bond acceptors (Lipinski definition) is 4. The summed E-state index contributed by atoms with van der Waals surface area (Å²) in [6, 6.07) is 8.00. The van der Waals surface area contributed by atoms with E-state index in [2.05, 4.69) is 21.4 Å². The van der Waals surface area contributed by atoms with Gasteiger partial charge in [-0.1, -0.05) is 18.2 Å². The van der Waals surface area contributed by atoms with Gasteiger partial charge in [0, 0.05) is 29.0 Å². The van der Waals surface area contributed by atoms with Gasteiger partial charge in [-0.25, -0.2) is 4.98 Å². The fourth-order valence-electron chi connectivity index (χ4n) is 2.34. The smallest absolute Gasteiger partial charge is 0.270 e. The number of benzene rings is 1. The van der Waals surface area contributed by atoms with Crippen molar-refractivity contribution in [2.24, 2.45) is 5.73 Å². The van der Waals surface area contributed by atoms with Crippen LogP contribution in [0.2, 0.25) is 0 Å². The van der Waals surface area contributed by atoms with Crippen LogP contribution in [0.25, 0.3) is 10.9 Å². The first-order chi connectivity index (χ1) is 10.6. The van der Waals surface area contributed by atoms with Crippen LogP contribution >= 0.6 is 11.3 Å². The quantitative estimate of drug-likeness (QED) is 0.677. The minimum Gasteiger partial charge on any atom is -0.361 e. The van der Waals surface area contributed by atoms with E-state index in [-0.39, 0.29) is 11.9 Å². The molecule has 3 aromatic rings. The molecule has 4 N–H and O–H groups in total. The Labute approximate surface area is 132 Å². The number of carbonyl (C=O) groups is 1. The van der Waals surface area contributed by atoms with Crippen LogP contribution in [0.15, 0.2) is 35.8 Å². The third-order valence-electron chi connectivity index (χ3n) is 3.50. The van der Waals surface area contributed by atoms with Crippen LogP contribution in [0.1, 0.15) is 34.0 Å². The highest BCUT2D eigenvalue weighted by Gasteiger charge is 2.12. The van der Waals surface area contributed by atoms with E-state index in [0.29, 0.717) is 12.2 Å². The molecule has 6 heteroatoms. The molecule has 2 heterocycles. The standard InChI is InChI=1S/C16H18N4OS/c1-10(17)16-20-14(9-22-16)15(21)18-7-6-11-8-19-13-5-3-2-4-12(11)13/h2-5,8-10,19H,6-7,17H2,1H3,(H,18,21). The predicted molar refractivity (Wildman–Crippen MR) is 89.1 cm³/mol. The molecule has 0 saturated carbocycles. The molecule has 2 aromatic heterocycles. The van der Waals surface area contributed by atoms with Crippen molar-refractivity contribution < 1.29 is 4.79 Å². The predicted octanol–water partition coefficient (Wildman–Crippen LogP) is 2.62. The largest absolute Gasteiger partial charge is 0.361 e. The topological polar surface area (TPSA) is 83.8 Å². The second-order valence-electron chi connectivity index (χ2n) is 5.23. The molecule has 22 heavy (non-hydrogen) atoms. The molecule has 1 atom stereocenters. The second kappa shape index (κ2) is 6.29. The molecule has 5 nitrogen and oxygen atoms in total. The van der Waals surface area contributed by atoms with Crippen LogP contribution in [0.3, 0.4) is 0 Å². The number of aromatic amines is 1. The van der Waals surface area contributed by atoms with Crippen molar-refractivity contribution in [1.29, 1.82) is 0 Å². The number of thiazole rings is 1. The molecule has 0 aliphatic heterocycles. The Hall–Kier alpha value is -2.18. The highest BCUT2D eigenvalue weighted by molar-refractivity contribution is 7.09. The van der Waals surface area contributed by atoms with Gasteiger partial charge in [-0.05, 0) is 25.0 Å². The summed E-state index contributed by atoms with van der Waals surface area (Å²) < 4.78 is 0. The summed E-state index contributed by atoms with van der Waals surface area (Å²) in [6.07, 6.45) is 2.77. The summed E-state index contributed by atoms with van der Waals surface area (Å²) in [5, 5.41) is 6.63. The van der Waals surface area contributed by atoms with Crippen molar-refractivity contribution in [3.05, 3.63) is 52.1 Å². The first-order valence-electron chi connectivity index (χ1n) is 7.19. The Bertz CT molecular complexity index is 790. The number of aromatic nitrogens is 2. The lowest BCUT2D eigenvalue weighted by molar-refractivity contribution is 0.0949. The molecule has 0 fully saturated rings. The minimum absolute atomic E-state index is 0.141. The highest BCUT2D eigenvalue weighted by atomic mass is 32.1. The molecule has 1 aromatic carbocycles. The van der Waals surface area contributed by atoms with Crippen LogP contribution in [-0.2, 0) is 6.42 Å². The lowest BCUT2D eigenvalue weighted by Gasteiger charge is -2.03. The van der Waals surface area contributed by atoms with Gasteiger partial charge in [-0.3, -0.25) is 4.79 Å². The van der Waals surface area contributed by atoms with Crippen molar-refractivity contribution in [1.82, 2.24) is 15.3 Å². The van der Waals surface area contributed by atoms with E-state index in [1.165, 1.54) is 22.3 Å². The van der Waals surface area contributed by atoms with Crippen LogP contribution < -0.4 is 11.1 Å². The molecular formula is C16H18N4OS. The van der Waals surface area contributed by atoms with E-state index < -0.39 is 0 Å². The average molecular weight is 314 g/mol. The van der Waals surface area contributed by atoms with Crippen molar-refractivity contribution in [3.8, 4) is 0 Å². The van der Waals surface area contributed by atoms with Crippen molar-refractivity contribution in [2.45, 2.75) is 19.4 Å². The minimum atomic E-state index is -0.150. The van der Waals surface area contributed by atoms with Gasteiger partial charge in [0.25, 0.3) is 5.91 Å². The number of para-hydroxylation sites is 1. The van der Waals surface area contributed by atoms with Crippen LogP contribution in [0, 0.1) is 0 Å². The van der Waals surface area contributed by atoms with Crippen LogP contribution in [0.4, 0.5) is 0 Å². The maximum absolute atomic E-state index is 12.1. The second-order valence-corrected chi connectivity index (χ2v) is 6.11. The first-order valence-corrected chi connectivity index (χ1v) is 8.07. The van der Waals surface area contributed by atoms with Gasteiger partial charge >= 0.3 is 0 Å². The Morgan fingerprint density at radius 3 is 3.05 bits per heavy atom. The molecule has 0 aliphatic rings.